The number of fused-ring (bicyclic) bond motifs is 2. The van der Waals surface area contributed by atoms with Gasteiger partial charge in [0.05, 0.1) is 26.2 Å². The number of nitrogens with zero attached hydrogens (tertiary/aromatic N) is 4. The molecule has 6 rings (SSSR count). The molecule has 15 heteroatoms. The van der Waals surface area contributed by atoms with Crippen LogP contribution in [0, 0.1) is 0 Å². The highest BCUT2D eigenvalue weighted by Crippen LogP contribution is 2.30. The topological polar surface area (TPSA) is 134 Å². The van der Waals surface area contributed by atoms with Crippen LogP contribution in [-0.2, 0) is 29.1 Å². The zero-order valence-corrected chi connectivity index (χ0v) is 30.3. The van der Waals surface area contributed by atoms with Crippen LogP contribution < -0.4 is 21.3 Å². The third kappa shape index (κ3) is 10.3. The molecule has 0 fully saturated rings. The molecule has 4 N–H and O–H groups in total. The van der Waals surface area contributed by atoms with E-state index < -0.39 is 21.6 Å². The quantitative estimate of drug-likeness (QED) is 0.102. The fourth-order valence-corrected chi connectivity index (χ4v) is 6.31. The van der Waals surface area contributed by atoms with Gasteiger partial charge in [-0.2, -0.15) is 23.1 Å². The maximum atomic E-state index is 12.6. The fraction of sp³-hybridized carbons (Fsp3) is 0.278. The first-order valence-corrected chi connectivity index (χ1v) is 18.9. The van der Waals surface area contributed by atoms with Gasteiger partial charge in [-0.1, -0.05) is 36.4 Å². The van der Waals surface area contributed by atoms with Gasteiger partial charge in [-0.25, -0.2) is 18.4 Å². The van der Waals surface area contributed by atoms with Crippen LogP contribution in [0.5, 0.6) is 0 Å². The Morgan fingerprint density at radius 3 is 1.78 bits per heavy atom. The Bertz CT molecular complexity index is 2190. The number of para-hydroxylation sites is 1. The van der Waals surface area contributed by atoms with E-state index in [1.54, 1.807) is 24.3 Å². The van der Waals surface area contributed by atoms with E-state index in [-0.39, 0.29) is 12.1 Å². The van der Waals surface area contributed by atoms with Crippen LogP contribution in [0.2, 0.25) is 0 Å². The molecule has 3 aromatic carbocycles. The maximum absolute atomic E-state index is 12.6. The number of sulfone groups is 1. The highest BCUT2D eigenvalue weighted by molar-refractivity contribution is 7.90. The molecule has 6 aromatic rings. The highest BCUT2D eigenvalue weighted by atomic mass is 32.2. The lowest BCUT2D eigenvalue weighted by atomic mass is 10.1. The zero-order valence-electron chi connectivity index (χ0n) is 28.7. The number of halogens is 3. The number of thiophene rings is 1. The molecule has 3 aromatic heterocycles. The number of alkyl halides is 3. The predicted octanol–water partition coefficient (Wildman–Crippen LogP) is 8.61. The lowest BCUT2D eigenvalue weighted by molar-refractivity contribution is -0.137. The van der Waals surface area contributed by atoms with Gasteiger partial charge < -0.3 is 21.3 Å². The van der Waals surface area contributed by atoms with Gasteiger partial charge in [0.15, 0.2) is 9.84 Å². The summed E-state index contributed by atoms with van der Waals surface area (Å²) in [6.45, 7) is 8.98. The van der Waals surface area contributed by atoms with Gasteiger partial charge in [-0.3, -0.25) is 0 Å². The first-order chi connectivity index (χ1) is 24.2. The largest absolute Gasteiger partial charge is 0.416 e. The van der Waals surface area contributed by atoms with Gasteiger partial charge >= 0.3 is 6.18 Å². The molecule has 0 spiro atoms. The first-order valence-electron chi connectivity index (χ1n) is 16.1. The zero-order chi connectivity index (χ0) is 36.8. The summed E-state index contributed by atoms with van der Waals surface area (Å²) in [4.78, 5) is 18.4. The maximum Gasteiger partial charge on any atom is 0.416 e. The number of hydrogen-bond acceptors (Lipinski definition) is 11. The van der Waals surface area contributed by atoms with E-state index in [4.69, 9.17) is 0 Å². The highest BCUT2D eigenvalue weighted by Gasteiger charge is 2.29. The van der Waals surface area contributed by atoms with Crippen LogP contribution >= 0.6 is 11.3 Å². The van der Waals surface area contributed by atoms with Crippen molar-refractivity contribution >= 4 is 65.8 Å². The summed E-state index contributed by atoms with van der Waals surface area (Å²) in [6, 6.07) is 22.1. The smallest absolute Gasteiger partial charge is 0.365 e. The number of anilines is 4. The van der Waals surface area contributed by atoms with Crippen LogP contribution in [0.25, 0.3) is 21.1 Å². The number of hydrogen-bond donors (Lipinski definition) is 4. The minimum Gasteiger partial charge on any atom is -0.365 e. The third-order valence-corrected chi connectivity index (χ3v) is 9.33. The normalized spacial score (nSPS) is 11.8. The number of benzene rings is 3. The molecule has 0 bridgehead atoms. The van der Waals surface area contributed by atoms with Crippen molar-refractivity contribution in [1.29, 1.82) is 0 Å². The molecular formula is C36H39F3N8O2S2. The van der Waals surface area contributed by atoms with Crippen molar-refractivity contribution in [3.63, 3.8) is 0 Å². The second-order valence-electron chi connectivity index (χ2n) is 12.4. The molecule has 0 atom stereocenters. The molecular weight excluding hydrogens is 698 g/mol. The first kappa shape index (κ1) is 37.2. The van der Waals surface area contributed by atoms with Crippen LogP contribution in [0.4, 0.5) is 36.7 Å². The van der Waals surface area contributed by atoms with E-state index in [1.165, 1.54) is 29.7 Å². The molecule has 51 heavy (non-hydrogen) atoms. The fourth-order valence-electron chi connectivity index (χ4n) is 4.88. The van der Waals surface area contributed by atoms with E-state index in [0.717, 1.165) is 50.2 Å². The summed E-state index contributed by atoms with van der Waals surface area (Å²) in [5.74, 6) is 2.51. The van der Waals surface area contributed by atoms with Crippen molar-refractivity contribution in [3.8, 4) is 0 Å². The molecule has 0 radical (unpaired) electrons. The van der Waals surface area contributed by atoms with Crippen molar-refractivity contribution in [3.05, 3.63) is 101 Å². The minimum absolute atomic E-state index is 0.193. The molecule has 3 heterocycles. The molecule has 0 saturated heterocycles. The Kier molecular flexibility index (Phi) is 11.6. The summed E-state index contributed by atoms with van der Waals surface area (Å²) in [5.41, 5.74) is 2.76. The lowest BCUT2D eigenvalue weighted by Gasteiger charge is -2.13. The predicted molar refractivity (Wildman–Crippen MR) is 200 cm³/mol. The van der Waals surface area contributed by atoms with Gasteiger partial charge in [0.25, 0.3) is 0 Å². The standard InChI is InChI=1S/C19H22N4O2S.C17H17F3N4S/c1-13(2)21-19-22-17-7-5-4-6-16(17)18(23-19)20-12-14-8-10-15(11-9-14)26(3,24)25;1-10(2)22-16-23-13-7-8-25-14(13)15(24-16)21-9-11-3-5-12(6-4-11)17(18,19)20/h4-11,13H,12H2,1-3H3,(H2,20,21,22,23);3-8,10H,9H2,1-2H3,(H2,21,22,23,24). The Morgan fingerprint density at radius 1 is 0.686 bits per heavy atom. The Balaban J connectivity index is 0.000000198. The van der Waals surface area contributed by atoms with Gasteiger partial charge in [0, 0.05) is 36.8 Å². The minimum atomic E-state index is -4.32. The number of nitrogens with one attached hydrogen (secondary N) is 4. The monoisotopic (exact) mass is 736 g/mol. The molecule has 0 aliphatic heterocycles. The molecule has 10 nitrogen and oxygen atoms in total. The summed E-state index contributed by atoms with van der Waals surface area (Å²) >= 11 is 1.52. The average molecular weight is 737 g/mol. The Morgan fingerprint density at radius 2 is 1.22 bits per heavy atom. The Labute approximate surface area is 298 Å². The molecule has 268 valence electrons. The van der Waals surface area contributed by atoms with E-state index in [9.17, 15) is 21.6 Å². The summed E-state index contributed by atoms with van der Waals surface area (Å²) < 4.78 is 61.9. The van der Waals surface area contributed by atoms with Crippen LogP contribution in [-0.4, -0.2) is 46.7 Å². The van der Waals surface area contributed by atoms with E-state index in [2.05, 4.69) is 41.2 Å². The van der Waals surface area contributed by atoms with Crippen LogP contribution in [0.1, 0.15) is 44.4 Å². The van der Waals surface area contributed by atoms with Gasteiger partial charge in [-0.05, 0) is 86.7 Å². The van der Waals surface area contributed by atoms with Gasteiger partial charge in [0.2, 0.25) is 11.9 Å². The molecule has 0 unspecified atom stereocenters. The lowest BCUT2D eigenvalue weighted by Crippen LogP contribution is -2.14. The van der Waals surface area contributed by atoms with Crippen molar-refractivity contribution in [1.82, 2.24) is 19.9 Å². The van der Waals surface area contributed by atoms with Gasteiger partial charge in [0.1, 0.15) is 11.6 Å². The number of aromatic nitrogens is 4. The van der Waals surface area contributed by atoms with Gasteiger partial charge in [-0.15, -0.1) is 11.3 Å². The summed E-state index contributed by atoms with van der Waals surface area (Å²) in [7, 11) is -3.18. The second-order valence-corrected chi connectivity index (χ2v) is 15.3. The molecule has 0 aliphatic rings. The van der Waals surface area contributed by atoms with E-state index in [1.807, 2.05) is 63.4 Å². The van der Waals surface area contributed by atoms with Crippen molar-refractivity contribution < 1.29 is 21.6 Å². The average Bonchev–Trinajstić information content (AvgIpc) is 3.54. The van der Waals surface area contributed by atoms with Crippen molar-refractivity contribution in [2.24, 2.45) is 0 Å². The number of rotatable bonds is 11. The molecule has 0 aliphatic carbocycles. The van der Waals surface area contributed by atoms with E-state index >= 15 is 0 Å². The molecule has 0 amide bonds. The Hall–Kier alpha value is -5.02. The summed E-state index contributed by atoms with van der Waals surface area (Å²) in [6.07, 6.45) is -3.12. The van der Waals surface area contributed by atoms with Crippen molar-refractivity contribution in [2.45, 2.75) is 63.9 Å². The third-order valence-electron chi connectivity index (χ3n) is 7.30. The molecule has 0 saturated carbocycles. The van der Waals surface area contributed by atoms with E-state index in [0.29, 0.717) is 35.7 Å². The second kappa shape index (κ2) is 15.9. The van der Waals surface area contributed by atoms with Crippen LogP contribution in [0.15, 0.2) is 89.1 Å². The van der Waals surface area contributed by atoms with Crippen LogP contribution in [0.3, 0.4) is 0 Å². The summed E-state index contributed by atoms with van der Waals surface area (Å²) in [5, 5.41) is 15.8. The van der Waals surface area contributed by atoms with Crippen molar-refractivity contribution in [2.75, 3.05) is 27.5 Å². The SMILES string of the molecule is CC(C)Nc1nc(NCc2ccc(C(F)(F)F)cc2)c2sccc2n1.CC(C)Nc1nc(NCc2ccc(S(C)(=O)=O)cc2)c2ccccc2n1.